The Morgan fingerprint density at radius 1 is 1.35 bits per heavy atom. The average molecular weight is 233 g/mol. The van der Waals surface area contributed by atoms with Gasteiger partial charge in [0.25, 0.3) is 0 Å². The molecule has 0 N–H and O–H groups in total. The van der Waals surface area contributed by atoms with Gasteiger partial charge in [0.15, 0.2) is 5.78 Å². The van der Waals surface area contributed by atoms with Crippen LogP contribution in [0, 0.1) is 6.92 Å². The summed E-state index contributed by atoms with van der Waals surface area (Å²) in [6.45, 7) is 1.73. The lowest BCUT2D eigenvalue weighted by Crippen LogP contribution is -2.11. The minimum absolute atomic E-state index is 0.0806. The van der Waals surface area contributed by atoms with E-state index in [9.17, 15) is 9.59 Å². The molecule has 1 aromatic heterocycles. The second-order valence-corrected chi connectivity index (χ2v) is 4.25. The summed E-state index contributed by atoms with van der Waals surface area (Å²) in [5.74, 6) is -0.313. The van der Waals surface area contributed by atoms with E-state index in [-0.39, 0.29) is 5.78 Å². The SMILES string of the molecule is COC(=O)c1cc2c(nc1C)C(=O)CCCC2. The molecule has 0 bridgehead atoms. The van der Waals surface area contributed by atoms with Crippen molar-refractivity contribution < 1.29 is 14.3 Å². The summed E-state index contributed by atoms with van der Waals surface area (Å²) in [7, 11) is 1.35. The first-order valence-corrected chi connectivity index (χ1v) is 5.75. The topological polar surface area (TPSA) is 56.3 Å². The molecule has 0 radical (unpaired) electrons. The Kier molecular flexibility index (Phi) is 3.22. The molecule has 1 aliphatic carbocycles. The van der Waals surface area contributed by atoms with Crippen molar-refractivity contribution in [3.8, 4) is 0 Å². The fourth-order valence-electron chi connectivity index (χ4n) is 2.11. The Labute approximate surface area is 100 Å². The highest BCUT2D eigenvalue weighted by Crippen LogP contribution is 2.22. The van der Waals surface area contributed by atoms with Gasteiger partial charge >= 0.3 is 5.97 Å². The van der Waals surface area contributed by atoms with Crippen molar-refractivity contribution in [2.24, 2.45) is 0 Å². The maximum absolute atomic E-state index is 11.8. The van der Waals surface area contributed by atoms with Gasteiger partial charge in [-0.15, -0.1) is 0 Å². The minimum Gasteiger partial charge on any atom is -0.465 e. The normalized spacial score (nSPS) is 15.1. The number of ketones is 1. The van der Waals surface area contributed by atoms with Gasteiger partial charge in [-0.05, 0) is 37.8 Å². The standard InChI is InChI=1S/C13H15NO3/c1-8-10(13(16)17-2)7-9-5-3-4-6-11(15)12(9)14-8/h7H,3-6H2,1-2H3. The van der Waals surface area contributed by atoms with Gasteiger partial charge in [0.1, 0.15) is 5.69 Å². The Bertz CT molecular complexity index is 480. The van der Waals surface area contributed by atoms with Crippen LogP contribution in [0.3, 0.4) is 0 Å². The lowest BCUT2D eigenvalue weighted by atomic mass is 10.0. The van der Waals surface area contributed by atoms with Crippen molar-refractivity contribution in [3.05, 3.63) is 28.6 Å². The molecule has 0 saturated carbocycles. The molecular formula is C13H15NO3. The molecule has 0 fully saturated rings. The minimum atomic E-state index is -0.394. The molecule has 2 rings (SSSR count). The largest absolute Gasteiger partial charge is 0.465 e. The molecule has 1 heterocycles. The van der Waals surface area contributed by atoms with Crippen molar-refractivity contribution in [2.45, 2.75) is 32.6 Å². The number of carbonyl (C=O) groups excluding carboxylic acids is 2. The number of hydrogen-bond donors (Lipinski definition) is 0. The predicted octanol–water partition coefficient (Wildman–Crippen LogP) is 2.09. The Balaban J connectivity index is 2.52. The average Bonchev–Trinajstić information content (AvgIpc) is 2.50. The first-order valence-electron chi connectivity index (χ1n) is 5.75. The van der Waals surface area contributed by atoms with Crippen LogP contribution < -0.4 is 0 Å². The molecule has 0 amide bonds. The Morgan fingerprint density at radius 2 is 2.06 bits per heavy atom. The van der Waals surface area contributed by atoms with Gasteiger partial charge in [0.05, 0.1) is 18.4 Å². The summed E-state index contributed by atoms with van der Waals surface area (Å²) < 4.78 is 4.70. The molecule has 4 nitrogen and oxygen atoms in total. The van der Waals surface area contributed by atoms with E-state index in [1.807, 2.05) is 0 Å². The van der Waals surface area contributed by atoms with E-state index in [0.29, 0.717) is 23.4 Å². The summed E-state index contributed by atoms with van der Waals surface area (Å²) in [6, 6.07) is 1.76. The Morgan fingerprint density at radius 3 is 2.76 bits per heavy atom. The van der Waals surface area contributed by atoms with Crippen LogP contribution in [-0.2, 0) is 11.2 Å². The van der Waals surface area contributed by atoms with Crippen LogP contribution in [-0.4, -0.2) is 23.8 Å². The van der Waals surface area contributed by atoms with Crippen LogP contribution in [0.2, 0.25) is 0 Å². The van der Waals surface area contributed by atoms with Crippen LogP contribution in [0.15, 0.2) is 6.07 Å². The predicted molar refractivity (Wildman–Crippen MR) is 62.2 cm³/mol. The maximum atomic E-state index is 11.8. The summed E-state index contributed by atoms with van der Waals surface area (Å²) >= 11 is 0. The number of aromatic nitrogens is 1. The quantitative estimate of drug-likeness (QED) is 0.550. The van der Waals surface area contributed by atoms with Crippen LogP contribution in [0.25, 0.3) is 0 Å². The van der Waals surface area contributed by atoms with E-state index in [4.69, 9.17) is 4.74 Å². The number of esters is 1. The van der Waals surface area contributed by atoms with Crippen LogP contribution in [0.1, 0.15) is 51.4 Å². The van der Waals surface area contributed by atoms with E-state index in [1.54, 1.807) is 13.0 Å². The van der Waals surface area contributed by atoms with Crippen LogP contribution in [0.4, 0.5) is 0 Å². The zero-order valence-electron chi connectivity index (χ0n) is 10.1. The molecule has 17 heavy (non-hydrogen) atoms. The molecule has 0 aliphatic heterocycles. The summed E-state index contributed by atoms with van der Waals surface area (Å²) in [6.07, 6.45) is 3.21. The fraction of sp³-hybridized carbons (Fsp3) is 0.462. The van der Waals surface area contributed by atoms with Gasteiger partial charge in [0, 0.05) is 6.42 Å². The molecule has 0 aromatic carbocycles. The highest BCUT2D eigenvalue weighted by atomic mass is 16.5. The molecule has 0 saturated heterocycles. The number of ether oxygens (including phenoxy) is 1. The summed E-state index contributed by atoms with van der Waals surface area (Å²) in [5.41, 5.74) is 2.43. The third-order valence-electron chi connectivity index (χ3n) is 3.06. The van der Waals surface area contributed by atoms with E-state index in [1.165, 1.54) is 7.11 Å². The summed E-state index contributed by atoms with van der Waals surface area (Å²) in [5, 5.41) is 0. The van der Waals surface area contributed by atoms with E-state index < -0.39 is 5.97 Å². The number of rotatable bonds is 1. The molecule has 90 valence electrons. The second kappa shape index (κ2) is 4.65. The fourth-order valence-corrected chi connectivity index (χ4v) is 2.11. The molecule has 4 heteroatoms. The lowest BCUT2D eigenvalue weighted by molar-refractivity contribution is 0.0598. The third-order valence-corrected chi connectivity index (χ3v) is 3.06. The van der Waals surface area contributed by atoms with Gasteiger partial charge < -0.3 is 4.74 Å². The molecule has 1 aromatic rings. The van der Waals surface area contributed by atoms with E-state index in [2.05, 4.69) is 4.98 Å². The van der Waals surface area contributed by atoms with Gasteiger partial charge in [-0.25, -0.2) is 9.78 Å². The van der Waals surface area contributed by atoms with Crippen molar-refractivity contribution in [1.82, 2.24) is 4.98 Å². The molecule has 1 aliphatic rings. The van der Waals surface area contributed by atoms with Crippen molar-refractivity contribution >= 4 is 11.8 Å². The monoisotopic (exact) mass is 233 g/mol. The zero-order chi connectivity index (χ0) is 12.4. The summed E-state index contributed by atoms with van der Waals surface area (Å²) in [4.78, 5) is 27.6. The first kappa shape index (κ1) is 11.8. The number of methoxy groups -OCH3 is 1. The third kappa shape index (κ3) is 2.20. The van der Waals surface area contributed by atoms with E-state index in [0.717, 1.165) is 24.8 Å². The number of fused-ring (bicyclic) bond motifs is 1. The second-order valence-electron chi connectivity index (χ2n) is 4.25. The van der Waals surface area contributed by atoms with Crippen molar-refractivity contribution in [3.63, 3.8) is 0 Å². The number of aryl methyl sites for hydroxylation is 2. The number of pyridine rings is 1. The zero-order valence-corrected chi connectivity index (χ0v) is 10.1. The molecule has 0 atom stereocenters. The molecular weight excluding hydrogens is 218 g/mol. The highest BCUT2D eigenvalue weighted by molar-refractivity contribution is 5.98. The van der Waals surface area contributed by atoms with E-state index >= 15 is 0 Å². The first-order chi connectivity index (χ1) is 8.13. The number of nitrogens with zero attached hydrogens (tertiary/aromatic N) is 1. The van der Waals surface area contributed by atoms with Gasteiger partial charge in [-0.3, -0.25) is 4.79 Å². The van der Waals surface area contributed by atoms with Gasteiger partial charge in [-0.2, -0.15) is 0 Å². The van der Waals surface area contributed by atoms with Crippen LogP contribution in [0.5, 0.6) is 0 Å². The Hall–Kier alpha value is -1.71. The number of hydrogen-bond acceptors (Lipinski definition) is 4. The maximum Gasteiger partial charge on any atom is 0.339 e. The molecule has 0 spiro atoms. The highest BCUT2D eigenvalue weighted by Gasteiger charge is 2.21. The number of carbonyl (C=O) groups is 2. The smallest absolute Gasteiger partial charge is 0.339 e. The van der Waals surface area contributed by atoms with Crippen LogP contribution >= 0.6 is 0 Å². The van der Waals surface area contributed by atoms with Gasteiger partial charge in [-0.1, -0.05) is 0 Å². The van der Waals surface area contributed by atoms with Crippen molar-refractivity contribution in [1.29, 1.82) is 0 Å². The van der Waals surface area contributed by atoms with Gasteiger partial charge in [0.2, 0.25) is 0 Å². The van der Waals surface area contributed by atoms with Crippen molar-refractivity contribution in [2.75, 3.05) is 7.11 Å². The number of Topliss-reactive ketones (excluding diaryl/α,β-unsaturated/α-hetero) is 1. The molecule has 0 unspecified atom stereocenters. The lowest BCUT2D eigenvalue weighted by Gasteiger charge is -2.09.